The molecule has 0 bridgehead atoms. The Morgan fingerprint density at radius 3 is 2.85 bits per heavy atom. The standard InChI is InChI=1S/C15H21FN2O2/c16-12-6-2-3-7-13(12)18-15(19)10-20-14-8-4-1-5-11(14)9-17/h2-3,6-7,11,14H,1,4-5,8-10,17H2,(H,18,19). The summed E-state index contributed by atoms with van der Waals surface area (Å²) >= 11 is 0. The molecule has 1 aliphatic rings. The van der Waals surface area contributed by atoms with Gasteiger partial charge in [-0.2, -0.15) is 0 Å². The zero-order chi connectivity index (χ0) is 14.4. The highest BCUT2D eigenvalue weighted by Gasteiger charge is 2.25. The Kier molecular flexibility index (Phi) is 5.49. The summed E-state index contributed by atoms with van der Waals surface area (Å²) in [7, 11) is 0. The summed E-state index contributed by atoms with van der Waals surface area (Å²) in [5.74, 6) is -0.459. The van der Waals surface area contributed by atoms with Crippen LogP contribution in [0.1, 0.15) is 25.7 Å². The van der Waals surface area contributed by atoms with Crippen molar-refractivity contribution in [2.24, 2.45) is 11.7 Å². The predicted molar refractivity (Wildman–Crippen MR) is 75.8 cm³/mol. The molecule has 3 N–H and O–H groups in total. The Hall–Kier alpha value is -1.46. The summed E-state index contributed by atoms with van der Waals surface area (Å²) in [6.45, 7) is 0.523. The molecule has 20 heavy (non-hydrogen) atoms. The molecule has 110 valence electrons. The van der Waals surface area contributed by atoms with Crippen LogP contribution in [-0.4, -0.2) is 25.2 Å². The Morgan fingerprint density at radius 2 is 2.10 bits per heavy atom. The van der Waals surface area contributed by atoms with E-state index < -0.39 is 5.82 Å². The van der Waals surface area contributed by atoms with Crippen LogP contribution in [0.5, 0.6) is 0 Å². The fourth-order valence-electron chi connectivity index (χ4n) is 2.59. The summed E-state index contributed by atoms with van der Waals surface area (Å²) < 4.78 is 19.0. The summed E-state index contributed by atoms with van der Waals surface area (Å²) in [4.78, 5) is 11.8. The maximum Gasteiger partial charge on any atom is 0.250 e. The number of rotatable bonds is 5. The van der Waals surface area contributed by atoms with Crippen molar-refractivity contribution in [3.8, 4) is 0 Å². The zero-order valence-corrected chi connectivity index (χ0v) is 11.5. The number of amides is 1. The van der Waals surface area contributed by atoms with Crippen molar-refractivity contribution in [1.82, 2.24) is 0 Å². The van der Waals surface area contributed by atoms with Crippen molar-refractivity contribution in [3.05, 3.63) is 30.1 Å². The number of para-hydroxylation sites is 1. The van der Waals surface area contributed by atoms with Gasteiger partial charge in [0.15, 0.2) is 0 Å². The first-order valence-electron chi connectivity index (χ1n) is 7.06. The van der Waals surface area contributed by atoms with Crippen LogP contribution < -0.4 is 11.1 Å². The number of halogens is 1. The zero-order valence-electron chi connectivity index (χ0n) is 11.5. The first-order valence-corrected chi connectivity index (χ1v) is 7.06. The molecule has 0 aliphatic heterocycles. The molecule has 1 aliphatic carbocycles. The fourth-order valence-corrected chi connectivity index (χ4v) is 2.59. The smallest absolute Gasteiger partial charge is 0.250 e. The van der Waals surface area contributed by atoms with Gasteiger partial charge in [0.2, 0.25) is 5.91 Å². The van der Waals surface area contributed by atoms with Gasteiger partial charge in [-0.05, 0) is 37.4 Å². The van der Waals surface area contributed by atoms with Crippen molar-refractivity contribution in [2.75, 3.05) is 18.5 Å². The van der Waals surface area contributed by atoms with Gasteiger partial charge in [-0.1, -0.05) is 25.0 Å². The Bertz CT molecular complexity index is 453. The molecule has 0 spiro atoms. The van der Waals surface area contributed by atoms with E-state index in [-0.39, 0.29) is 24.3 Å². The first-order chi connectivity index (χ1) is 9.70. The lowest BCUT2D eigenvalue weighted by Crippen LogP contribution is -2.35. The molecule has 2 unspecified atom stereocenters. The van der Waals surface area contributed by atoms with Gasteiger partial charge in [-0.25, -0.2) is 4.39 Å². The second kappa shape index (κ2) is 7.36. The number of benzene rings is 1. The van der Waals surface area contributed by atoms with Crippen LogP contribution in [-0.2, 0) is 9.53 Å². The van der Waals surface area contributed by atoms with Gasteiger partial charge in [0.25, 0.3) is 0 Å². The topological polar surface area (TPSA) is 64.3 Å². The molecular formula is C15H21FN2O2. The van der Waals surface area contributed by atoms with E-state index in [1.54, 1.807) is 12.1 Å². The number of anilines is 1. The molecule has 1 fully saturated rings. The molecule has 2 atom stereocenters. The maximum absolute atomic E-state index is 13.4. The quantitative estimate of drug-likeness (QED) is 0.870. The fraction of sp³-hybridized carbons (Fsp3) is 0.533. The molecule has 0 radical (unpaired) electrons. The minimum absolute atomic E-state index is 0.0418. The number of carbonyl (C=O) groups is 1. The van der Waals surface area contributed by atoms with E-state index in [1.165, 1.54) is 18.6 Å². The first kappa shape index (κ1) is 14.9. The third kappa shape index (κ3) is 4.02. The second-order valence-corrected chi connectivity index (χ2v) is 5.16. The van der Waals surface area contributed by atoms with Crippen LogP contribution in [0, 0.1) is 11.7 Å². The Morgan fingerprint density at radius 1 is 1.35 bits per heavy atom. The van der Waals surface area contributed by atoms with E-state index in [2.05, 4.69) is 5.32 Å². The van der Waals surface area contributed by atoms with E-state index in [9.17, 15) is 9.18 Å². The molecule has 5 heteroatoms. The lowest BCUT2D eigenvalue weighted by molar-refractivity contribution is -0.124. The number of hydrogen-bond acceptors (Lipinski definition) is 3. The van der Waals surface area contributed by atoms with Crippen molar-refractivity contribution >= 4 is 11.6 Å². The van der Waals surface area contributed by atoms with E-state index in [0.717, 1.165) is 19.3 Å². The van der Waals surface area contributed by atoms with Gasteiger partial charge in [0, 0.05) is 0 Å². The van der Waals surface area contributed by atoms with Gasteiger partial charge >= 0.3 is 0 Å². The van der Waals surface area contributed by atoms with Gasteiger partial charge in [-0.15, -0.1) is 0 Å². The molecular weight excluding hydrogens is 259 g/mol. The highest BCUT2D eigenvalue weighted by Crippen LogP contribution is 2.26. The normalized spacial score (nSPS) is 22.5. The molecule has 4 nitrogen and oxygen atoms in total. The van der Waals surface area contributed by atoms with Crippen LogP contribution in [0.15, 0.2) is 24.3 Å². The minimum atomic E-state index is -0.446. The Balaban J connectivity index is 1.81. The maximum atomic E-state index is 13.4. The van der Waals surface area contributed by atoms with Gasteiger partial charge in [0.1, 0.15) is 12.4 Å². The van der Waals surface area contributed by atoms with Gasteiger partial charge < -0.3 is 15.8 Å². The van der Waals surface area contributed by atoms with Crippen LogP contribution in [0.4, 0.5) is 10.1 Å². The molecule has 0 saturated heterocycles. The number of hydrogen-bond donors (Lipinski definition) is 2. The monoisotopic (exact) mass is 280 g/mol. The lowest BCUT2D eigenvalue weighted by atomic mass is 9.86. The molecule has 1 aromatic rings. The van der Waals surface area contributed by atoms with E-state index in [4.69, 9.17) is 10.5 Å². The highest BCUT2D eigenvalue weighted by atomic mass is 19.1. The van der Waals surface area contributed by atoms with Crippen molar-refractivity contribution in [1.29, 1.82) is 0 Å². The summed E-state index contributed by atoms with van der Waals surface area (Å²) in [6, 6.07) is 6.08. The summed E-state index contributed by atoms with van der Waals surface area (Å²) in [5.41, 5.74) is 5.89. The molecule has 1 amide bonds. The minimum Gasteiger partial charge on any atom is -0.368 e. The van der Waals surface area contributed by atoms with Gasteiger partial charge in [0.05, 0.1) is 11.8 Å². The third-order valence-corrected chi connectivity index (χ3v) is 3.72. The summed E-state index contributed by atoms with van der Waals surface area (Å²) in [6.07, 6.45) is 4.31. The number of nitrogens with two attached hydrogens (primary N) is 1. The van der Waals surface area contributed by atoms with Crippen LogP contribution in [0.2, 0.25) is 0 Å². The van der Waals surface area contributed by atoms with Crippen LogP contribution in [0.25, 0.3) is 0 Å². The molecule has 0 aromatic heterocycles. The summed E-state index contributed by atoms with van der Waals surface area (Å²) in [5, 5.41) is 2.51. The molecule has 2 rings (SSSR count). The lowest BCUT2D eigenvalue weighted by Gasteiger charge is -2.30. The number of carbonyl (C=O) groups excluding carboxylic acids is 1. The van der Waals surface area contributed by atoms with E-state index in [1.807, 2.05) is 0 Å². The SMILES string of the molecule is NCC1CCCCC1OCC(=O)Nc1ccccc1F. The number of ether oxygens (including phenoxy) is 1. The third-order valence-electron chi connectivity index (χ3n) is 3.72. The number of nitrogens with one attached hydrogen (secondary N) is 1. The molecule has 1 saturated carbocycles. The second-order valence-electron chi connectivity index (χ2n) is 5.16. The van der Waals surface area contributed by atoms with E-state index in [0.29, 0.717) is 12.5 Å². The average molecular weight is 280 g/mol. The average Bonchev–Trinajstić information content (AvgIpc) is 2.48. The molecule has 0 heterocycles. The van der Waals surface area contributed by atoms with Crippen molar-refractivity contribution in [3.63, 3.8) is 0 Å². The van der Waals surface area contributed by atoms with Crippen molar-refractivity contribution < 1.29 is 13.9 Å². The molecule has 1 aromatic carbocycles. The largest absolute Gasteiger partial charge is 0.368 e. The van der Waals surface area contributed by atoms with Crippen LogP contribution in [0.3, 0.4) is 0 Å². The van der Waals surface area contributed by atoms with Crippen LogP contribution >= 0.6 is 0 Å². The van der Waals surface area contributed by atoms with Crippen molar-refractivity contribution in [2.45, 2.75) is 31.8 Å². The van der Waals surface area contributed by atoms with E-state index >= 15 is 0 Å². The highest BCUT2D eigenvalue weighted by molar-refractivity contribution is 5.91. The predicted octanol–water partition coefficient (Wildman–Crippen LogP) is 2.30. The Labute approximate surface area is 118 Å². The van der Waals surface area contributed by atoms with Gasteiger partial charge in [-0.3, -0.25) is 4.79 Å².